The van der Waals surface area contributed by atoms with Crippen LogP contribution in [0, 0.1) is 5.82 Å². The maximum atomic E-state index is 13.3. The van der Waals surface area contributed by atoms with Crippen LogP contribution in [0.4, 0.5) is 17.3 Å². The van der Waals surface area contributed by atoms with Crippen molar-refractivity contribution in [3.63, 3.8) is 0 Å². The average molecular weight is 312 g/mol. The van der Waals surface area contributed by atoms with Crippen molar-refractivity contribution >= 4 is 12.4 Å². The Kier molecular flexibility index (Phi) is 6.27. The van der Waals surface area contributed by atoms with Gasteiger partial charge in [0.1, 0.15) is 12.4 Å². The predicted molar refractivity (Wildman–Crippen MR) is 62.7 cm³/mol. The summed E-state index contributed by atoms with van der Waals surface area (Å²) >= 11 is 0. The summed E-state index contributed by atoms with van der Waals surface area (Å²) in [5.41, 5.74) is -0.499. The van der Waals surface area contributed by atoms with Gasteiger partial charge in [-0.25, -0.2) is 4.39 Å². The number of benzene rings is 1. The minimum atomic E-state index is -5.34. The van der Waals surface area contributed by atoms with Crippen molar-refractivity contribution in [2.24, 2.45) is 7.05 Å². The minimum Gasteiger partial charge on any atom is -0.489 e. The average Bonchev–Trinajstić information content (AvgIpc) is 2.71. The maximum Gasteiger partial charge on any atom is 1.00 e. The number of halogens is 4. The van der Waals surface area contributed by atoms with Crippen LogP contribution in [0.25, 0.3) is 0 Å². The summed E-state index contributed by atoms with van der Waals surface area (Å²) in [5.74, 6) is -1.28. The number of ether oxygens (including phenoxy) is 1. The zero-order chi connectivity index (χ0) is 14.0. The van der Waals surface area contributed by atoms with Crippen LogP contribution in [0.3, 0.4) is 0 Å². The fourth-order valence-electron chi connectivity index (χ4n) is 1.58. The molecule has 0 unspecified atom stereocenters. The van der Waals surface area contributed by atoms with Gasteiger partial charge in [0.2, 0.25) is 0 Å². The minimum absolute atomic E-state index is 0. The summed E-state index contributed by atoms with van der Waals surface area (Å²) in [6, 6.07) is 2.53. The Hall–Kier alpha value is -0.349. The van der Waals surface area contributed by atoms with Crippen molar-refractivity contribution in [3.8, 4) is 5.75 Å². The summed E-state index contributed by atoms with van der Waals surface area (Å²) in [6.45, 7) is -5.23. The summed E-state index contributed by atoms with van der Waals surface area (Å²) in [5, 5.41) is 3.91. The first kappa shape index (κ1) is 17.7. The van der Waals surface area contributed by atoms with Crippen molar-refractivity contribution < 1.29 is 73.5 Å². The largest absolute Gasteiger partial charge is 1.00 e. The van der Waals surface area contributed by atoms with Crippen molar-refractivity contribution in [2.45, 2.75) is 6.61 Å². The smallest absolute Gasteiger partial charge is 0.489 e. The molecule has 102 valence electrons. The van der Waals surface area contributed by atoms with Gasteiger partial charge in [-0.05, 0) is 6.07 Å². The molecule has 0 bridgehead atoms. The number of rotatable bonds is 4. The second-order valence-corrected chi connectivity index (χ2v) is 4.07. The van der Waals surface area contributed by atoms with Gasteiger partial charge in [0, 0.05) is 24.9 Å². The van der Waals surface area contributed by atoms with Gasteiger partial charge in [0.05, 0.1) is 12.0 Å². The SMILES string of the molecule is Cn1cc(COc2ccc([B-](F)(F)F)c(F)c2)cn1.[K+]. The second-order valence-electron chi connectivity index (χ2n) is 4.07. The van der Waals surface area contributed by atoms with Gasteiger partial charge in [-0.1, -0.05) is 11.5 Å². The zero-order valence-corrected chi connectivity index (χ0v) is 14.1. The van der Waals surface area contributed by atoms with E-state index in [0.29, 0.717) is 6.07 Å². The van der Waals surface area contributed by atoms with Crippen LogP contribution in [0.1, 0.15) is 5.56 Å². The van der Waals surface area contributed by atoms with Crippen LogP contribution in [0.2, 0.25) is 0 Å². The quantitative estimate of drug-likeness (QED) is 0.546. The van der Waals surface area contributed by atoms with Gasteiger partial charge < -0.3 is 17.7 Å². The molecule has 1 aromatic heterocycles. The molecule has 2 aromatic rings. The van der Waals surface area contributed by atoms with E-state index in [0.717, 1.165) is 17.7 Å². The van der Waals surface area contributed by atoms with Crippen LogP contribution in [0.15, 0.2) is 30.6 Å². The topological polar surface area (TPSA) is 27.1 Å². The van der Waals surface area contributed by atoms with Crippen molar-refractivity contribution in [1.82, 2.24) is 9.78 Å². The third-order valence-corrected chi connectivity index (χ3v) is 2.49. The first-order valence-electron chi connectivity index (χ1n) is 5.46. The third-order valence-electron chi connectivity index (χ3n) is 2.49. The van der Waals surface area contributed by atoms with E-state index >= 15 is 0 Å². The predicted octanol–water partition coefficient (Wildman–Crippen LogP) is -0.803. The monoisotopic (exact) mass is 312 g/mol. The molecule has 1 aromatic carbocycles. The molecule has 0 spiro atoms. The van der Waals surface area contributed by atoms with E-state index in [1.807, 2.05) is 0 Å². The van der Waals surface area contributed by atoms with E-state index in [1.165, 1.54) is 0 Å². The molecule has 1 heterocycles. The molecule has 9 heteroatoms. The van der Waals surface area contributed by atoms with E-state index in [9.17, 15) is 17.3 Å². The molecule has 0 aliphatic carbocycles. The standard InChI is InChI=1S/C11H10BF4N2O.K/c1-18-6-8(5-17-18)7-19-9-2-3-10(11(13)4-9)12(14,15)16;/h2-6H,7H2,1H3;/q-1;+1. The second kappa shape index (κ2) is 7.08. The van der Waals surface area contributed by atoms with Crippen LogP contribution < -0.4 is 61.6 Å². The van der Waals surface area contributed by atoms with Gasteiger partial charge >= 0.3 is 58.4 Å². The summed E-state index contributed by atoms with van der Waals surface area (Å²) < 4.78 is 57.3. The molecule has 0 aliphatic rings. The Balaban J connectivity index is 0.00000200. The Morgan fingerprint density at radius 1 is 1.30 bits per heavy atom. The molecule has 0 amide bonds. The summed E-state index contributed by atoms with van der Waals surface area (Å²) in [4.78, 5) is 0. The van der Waals surface area contributed by atoms with Crippen molar-refractivity contribution in [2.75, 3.05) is 0 Å². The van der Waals surface area contributed by atoms with E-state index in [-0.39, 0.29) is 63.7 Å². The van der Waals surface area contributed by atoms with E-state index < -0.39 is 18.3 Å². The van der Waals surface area contributed by atoms with Crippen molar-refractivity contribution in [1.29, 1.82) is 0 Å². The van der Waals surface area contributed by atoms with Crippen LogP contribution >= 0.6 is 0 Å². The Morgan fingerprint density at radius 3 is 2.50 bits per heavy atom. The number of hydrogen-bond acceptors (Lipinski definition) is 2. The molecule has 0 atom stereocenters. The maximum absolute atomic E-state index is 13.3. The van der Waals surface area contributed by atoms with Gasteiger partial charge in [-0.3, -0.25) is 4.68 Å². The molecule has 0 saturated heterocycles. The van der Waals surface area contributed by atoms with Crippen LogP contribution in [0.5, 0.6) is 5.75 Å². The number of aromatic nitrogens is 2. The van der Waals surface area contributed by atoms with Gasteiger partial charge in [-0.15, -0.1) is 0 Å². The normalized spacial score (nSPS) is 11.1. The Morgan fingerprint density at radius 2 is 2.00 bits per heavy atom. The molecule has 0 aliphatic heterocycles. The molecule has 20 heavy (non-hydrogen) atoms. The molecule has 0 radical (unpaired) electrons. The Bertz CT molecular complexity index is 588. The molecule has 3 nitrogen and oxygen atoms in total. The Labute approximate surface area is 155 Å². The number of aryl methyl sites for hydroxylation is 1. The van der Waals surface area contributed by atoms with Crippen LogP contribution in [-0.4, -0.2) is 16.8 Å². The first-order chi connectivity index (χ1) is 8.86. The summed E-state index contributed by atoms with van der Waals surface area (Å²) in [7, 11) is 1.73. The summed E-state index contributed by atoms with van der Waals surface area (Å²) in [6.07, 6.45) is 3.26. The fourth-order valence-corrected chi connectivity index (χ4v) is 1.58. The van der Waals surface area contributed by atoms with E-state index in [1.54, 1.807) is 24.1 Å². The zero-order valence-electron chi connectivity index (χ0n) is 11.0. The third kappa shape index (κ3) is 4.59. The van der Waals surface area contributed by atoms with Gasteiger partial charge in [-0.2, -0.15) is 5.10 Å². The molecule has 0 fully saturated rings. The van der Waals surface area contributed by atoms with E-state index in [4.69, 9.17) is 4.74 Å². The molecule has 2 rings (SSSR count). The number of nitrogens with zero attached hydrogens (tertiary/aromatic N) is 2. The fraction of sp³-hybridized carbons (Fsp3) is 0.182. The number of hydrogen-bond donors (Lipinski definition) is 0. The molecular formula is C11H10BF4KN2O. The van der Waals surface area contributed by atoms with Crippen molar-refractivity contribution in [3.05, 3.63) is 42.0 Å². The van der Waals surface area contributed by atoms with Gasteiger partial charge in [0.25, 0.3) is 0 Å². The molecule has 0 N–H and O–H groups in total. The molecule has 0 saturated carbocycles. The van der Waals surface area contributed by atoms with E-state index in [2.05, 4.69) is 5.10 Å². The first-order valence-corrected chi connectivity index (χ1v) is 5.46. The van der Waals surface area contributed by atoms with Gasteiger partial charge in [0.15, 0.2) is 0 Å². The molecular weight excluding hydrogens is 302 g/mol. The van der Waals surface area contributed by atoms with Crippen LogP contribution in [-0.2, 0) is 13.7 Å².